The lowest BCUT2D eigenvalue weighted by molar-refractivity contribution is -0.136. The molecule has 0 radical (unpaired) electrons. The largest absolute Gasteiger partial charge is 0.494 e. The van der Waals surface area contributed by atoms with E-state index in [2.05, 4.69) is 84.2 Å². The van der Waals surface area contributed by atoms with Gasteiger partial charge in [0, 0.05) is 30.8 Å². The van der Waals surface area contributed by atoms with Crippen LogP contribution in [0.3, 0.4) is 0 Å². The number of ether oxygens (including phenoxy) is 4. The molecule has 3 aliphatic rings. The minimum Gasteiger partial charge on any atom is -0.494 e. The molecule has 0 aromatic rings. The van der Waals surface area contributed by atoms with Gasteiger partial charge in [0.05, 0.1) is 12.2 Å². The van der Waals surface area contributed by atoms with E-state index in [1.54, 1.807) is 6.08 Å². The summed E-state index contributed by atoms with van der Waals surface area (Å²) in [5.41, 5.74) is 2.15. The molecular formula is C40H56O5. The first-order valence-corrected chi connectivity index (χ1v) is 16.8. The minimum atomic E-state index is -0.361. The highest BCUT2D eigenvalue weighted by Crippen LogP contribution is 2.33. The fraction of sp³-hybridized carbons (Fsp3) is 0.525. The van der Waals surface area contributed by atoms with Crippen molar-refractivity contribution in [1.29, 1.82) is 0 Å². The molecule has 0 spiro atoms. The van der Waals surface area contributed by atoms with Crippen molar-refractivity contribution in [1.82, 2.24) is 0 Å². The maximum Gasteiger partial charge on any atom is 0.331 e. The Labute approximate surface area is 272 Å². The molecule has 2 fully saturated rings. The van der Waals surface area contributed by atoms with Crippen molar-refractivity contribution >= 4 is 5.97 Å². The number of hydrogen-bond acceptors (Lipinski definition) is 5. The molecule has 3 rings (SSSR count). The van der Waals surface area contributed by atoms with Crippen LogP contribution < -0.4 is 0 Å². The Hall–Kier alpha value is -3.31. The van der Waals surface area contributed by atoms with Gasteiger partial charge in [0.1, 0.15) is 30.3 Å². The van der Waals surface area contributed by atoms with Gasteiger partial charge >= 0.3 is 5.97 Å². The number of esters is 1. The summed E-state index contributed by atoms with van der Waals surface area (Å²) >= 11 is 0. The van der Waals surface area contributed by atoms with Crippen molar-refractivity contribution in [3.05, 3.63) is 109 Å². The molecule has 2 saturated heterocycles. The number of carbonyl (C=O) groups excluding carboxylic acids is 1. The van der Waals surface area contributed by atoms with Gasteiger partial charge in [-0.3, -0.25) is 0 Å². The van der Waals surface area contributed by atoms with Gasteiger partial charge in [0.25, 0.3) is 0 Å². The summed E-state index contributed by atoms with van der Waals surface area (Å²) < 4.78 is 24.6. The average molecular weight is 617 g/mol. The van der Waals surface area contributed by atoms with Crippen LogP contribution in [0, 0.1) is 17.8 Å². The molecule has 3 heterocycles. The third-order valence-corrected chi connectivity index (χ3v) is 8.60. The highest BCUT2D eigenvalue weighted by molar-refractivity contribution is 5.82. The topological polar surface area (TPSA) is 54.0 Å². The van der Waals surface area contributed by atoms with E-state index in [1.807, 2.05) is 24.3 Å². The molecule has 0 amide bonds. The zero-order valence-corrected chi connectivity index (χ0v) is 28.3. The Morgan fingerprint density at radius 2 is 1.91 bits per heavy atom. The highest BCUT2D eigenvalue weighted by atomic mass is 16.5. The third kappa shape index (κ3) is 13.3. The molecule has 0 N–H and O–H groups in total. The molecule has 246 valence electrons. The summed E-state index contributed by atoms with van der Waals surface area (Å²) in [7, 11) is 0. The van der Waals surface area contributed by atoms with E-state index < -0.39 is 0 Å². The smallest absolute Gasteiger partial charge is 0.331 e. The van der Waals surface area contributed by atoms with E-state index in [-0.39, 0.29) is 42.9 Å². The minimum absolute atomic E-state index is 0.0269. The molecule has 4 bridgehead atoms. The molecule has 5 nitrogen and oxygen atoms in total. The van der Waals surface area contributed by atoms with Crippen molar-refractivity contribution in [2.75, 3.05) is 6.61 Å². The summed E-state index contributed by atoms with van der Waals surface area (Å²) in [6.07, 6.45) is 31.3. The number of rotatable bonds is 9. The Morgan fingerprint density at radius 3 is 2.71 bits per heavy atom. The second-order valence-corrected chi connectivity index (χ2v) is 13.1. The van der Waals surface area contributed by atoms with E-state index in [9.17, 15) is 4.79 Å². The van der Waals surface area contributed by atoms with Crippen LogP contribution in [0.25, 0.3) is 0 Å². The Balaban J connectivity index is 1.63. The van der Waals surface area contributed by atoms with Gasteiger partial charge in [-0.15, -0.1) is 0 Å². The van der Waals surface area contributed by atoms with Gasteiger partial charge in [0.15, 0.2) is 0 Å². The van der Waals surface area contributed by atoms with Crippen LogP contribution in [0.5, 0.6) is 0 Å². The number of fused-ring (bicyclic) bond motifs is 4. The van der Waals surface area contributed by atoms with Gasteiger partial charge in [-0.1, -0.05) is 102 Å². The summed E-state index contributed by atoms with van der Waals surface area (Å²) in [5.74, 6) is 2.61. The maximum atomic E-state index is 12.1. The third-order valence-electron chi connectivity index (χ3n) is 8.60. The van der Waals surface area contributed by atoms with Crippen LogP contribution in [0.2, 0.25) is 0 Å². The fourth-order valence-electron chi connectivity index (χ4n) is 5.76. The van der Waals surface area contributed by atoms with E-state index in [4.69, 9.17) is 18.9 Å². The first-order valence-electron chi connectivity index (χ1n) is 16.8. The molecule has 6 unspecified atom stereocenters. The second kappa shape index (κ2) is 19.3. The summed E-state index contributed by atoms with van der Waals surface area (Å²) in [6.45, 7) is 19.4. The van der Waals surface area contributed by atoms with Gasteiger partial charge in [0.2, 0.25) is 0 Å². The van der Waals surface area contributed by atoms with E-state index in [0.29, 0.717) is 24.0 Å². The monoisotopic (exact) mass is 616 g/mol. The van der Waals surface area contributed by atoms with Crippen LogP contribution in [0.4, 0.5) is 0 Å². The molecule has 6 atom stereocenters. The summed E-state index contributed by atoms with van der Waals surface area (Å²) in [5, 5.41) is 0. The first kappa shape index (κ1) is 36.2. The van der Waals surface area contributed by atoms with Gasteiger partial charge in [-0.25, -0.2) is 4.79 Å². The molecule has 0 aromatic heterocycles. The zero-order valence-electron chi connectivity index (χ0n) is 28.3. The Morgan fingerprint density at radius 1 is 1.09 bits per heavy atom. The number of carbonyl (C=O) groups is 1. The zero-order chi connectivity index (χ0) is 32.6. The maximum absolute atomic E-state index is 12.1. The predicted molar refractivity (Wildman–Crippen MR) is 185 cm³/mol. The molecule has 0 saturated carbocycles. The molecule has 5 heteroatoms. The Kier molecular flexibility index (Phi) is 15.5. The first-order chi connectivity index (χ1) is 21.6. The predicted octanol–water partition coefficient (Wildman–Crippen LogP) is 9.82. The highest BCUT2D eigenvalue weighted by Gasteiger charge is 2.36. The number of allylic oxidation sites excluding steroid dienone is 10. The van der Waals surface area contributed by atoms with Crippen LogP contribution in [-0.4, -0.2) is 37.0 Å². The van der Waals surface area contributed by atoms with Crippen molar-refractivity contribution in [3.63, 3.8) is 0 Å². The summed E-state index contributed by atoms with van der Waals surface area (Å²) in [6, 6.07) is 0. The molecular weight excluding hydrogens is 560 g/mol. The van der Waals surface area contributed by atoms with Crippen LogP contribution in [0.15, 0.2) is 109 Å². The molecule has 0 aromatic carbocycles. The quantitative estimate of drug-likeness (QED) is 0.112. The second-order valence-electron chi connectivity index (χ2n) is 13.1. The fourth-order valence-corrected chi connectivity index (χ4v) is 5.76. The van der Waals surface area contributed by atoms with Crippen molar-refractivity contribution in [2.24, 2.45) is 17.8 Å². The standard InChI is InChI=1S/C40H56O5/c1-29(2)23-24-30(3)28-42-39(41)22-16-10-15-21-37-34(7)38-27-36(44-37)20-14-8-11-17-31(4)40-32(5)25-26-35(45-40)19-13-9-12-18-33(6)43-38/h9-18,20,22,29,32,34-38H,3,6,8,19,21,23-28H2,1-2,4-5,7H3/b13-9+,15-10+,17-11+,18-12+,20-14-,22-16+,40-31-. The van der Waals surface area contributed by atoms with Crippen molar-refractivity contribution < 1.29 is 23.7 Å². The lowest BCUT2D eigenvalue weighted by Gasteiger charge is -2.39. The number of hydrogen-bond donors (Lipinski definition) is 0. The van der Waals surface area contributed by atoms with Crippen molar-refractivity contribution in [3.8, 4) is 0 Å². The average Bonchev–Trinajstić information content (AvgIpc) is 3.00. The molecule has 45 heavy (non-hydrogen) atoms. The van der Waals surface area contributed by atoms with E-state index >= 15 is 0 Å². The van der Waals surface area contributed by atoms with Crippen LogP contribution in [0.1, 0.15) is 86.0 Å². The van der Waals surface area contributed by atoms with E-state index in [0.717, 1.165) is 56.3 Å². The molecule has 3 aliphatic heterocycles. The van der Waals surface area contributed by atoms with Crippen LogP contribution >= 0.6 is 0 Å². The van der Waals surface area contributed by atoms with Gasteiger partial charge in [-0.05, 0) is 68.6 Å². The van der Waals surface area contributed by atoms with Gasteiger partial charge in [-0.2, -0.15) is 0 Å². The normalized spacial score (nSPS) is 32.5. The van der Waals surface area contributed by atoms with Crippen molar-refractivity contribution in [2.45, 2.75) is 110 Å². The Bertz CT molecular complexity index is 1190. The lowest BCUT2D eigenvalue weighted by Crippen LogP contribution is -2.43. The van der Waals surface area contributed by atoms with Crippen LogP contribution in [-0.2, 0) is 23.7 Å². The SMILES string of the molecule is C=C(CCC(C)C)COC(=O)/C=C/C=C/CC1OC2/C=C\C/C=C/C(C)=C3\OC(C/C=C/C=C/C(=C)OC(C2)C1C)CCC3C. The summed E-state index contributed by atoms with van der Waals surface area (Å²) in [4.78, 5) is 12.1. The van der Waals surface area contributed by atoms with Gasteiger partial charge < -0.3 is 18.9 Å². The van der Waals surface area contributed by atoms with E-state index in [1.165, 1.54) is 11.6 Å². The molecule has 0 aliphatic carbocycles. The lowest BCUT2D eigenvalue weighted by atomic mass is 9.88.